The van der Waals surface area contributed by atoms with Gasteiger partial charge in [-0.05, 0) is 12.3 Å². The number of nitrogens with two attached hydrogens (primary N) is 1. The molecule has 0 aliphatic rings. The maximum absolute atomic E-state index is 11.5. The highest BCUT2D eigenvalue weighted by Crippen LogP contribution is 2.11. The molecule has 0 atom stereocenters. The van der Waals surface area contributed by atoms with E-state index in [9.17, 15) is 14.7 Å². The van der Waals surface area contributed by atoms with Crippen LogP contribution in [0.3, 0.4) is 0 Å². The van der Waals surface area contributed by atoms with Gasteiger partial charge in [-0.1, -0.05) is 13.8 Å². The van der Waals surface area contributed by atoms with E-state index in [2.05, 4.69) is 0 Å². The molecule has 0 unspecified atom stereocenters. The number of nitrogen functional groups attached to an aromatic ring is 1. The molecule has 0 aliphatic heterocycles. The predicted octanol–water partition coefficient (Wildman–Crippen LogP) is -0.428. The zero-order valence-electron chi connectivity index (χ0n) is 9.78. The number of aromatic amines is 1. The number of aromatic nitrogens is 2. The van der Waals surface area contributed by atoms with Gasteiger partial charge in [0.2, 0.25) is 5.88 Å². The van der Waals surface area contributed by atoms with Crippen LogP contribution in [0.1, 0.15) is 25.8 Å². The average molecular weight is 240 g/mol. The Morgan fingerprint density at radius 2 is 2.12 bits per heavy atom. The minimum absolute atomic E-state index is 0.263. The number of H-pyrrole nitrogens is 1. The van der Waals surface area contributed by atoms with Gasteiger partial charge in [0.15, 0.2) is 0 Å². The van der Waals surface area contributed by atoms with Crippen LogP contribution in [0.15, 0.2) is 9.59 Å². The maximum Gasteiger partial charge on any atom is 0.331 e. The van der Waals surface area contributed by atoms with Crippen LogP contribution in [0.4, 0.5) is 0 Å². The van der Waals surface area contributed by atoms with Crippen LogP contribution in [-0.2, 0) is 6.54 Å². The Bertz CT molecular complexity index is 541. The molecule has 7 nitrogen and oxygen atoms in total. The summed E-state index contributed by atoms with van der Waals surface area (Å²) in [4.78, 5) is 24.9. The first-order valence-electron chi connectivity index (χ1n) is 5.25. The second-order valence-electron chi connectivity index (χ2n) is 4.21. The Balaban J connectivity index is 3.31. The molecule has 0 radical (unpaired) electrons. The van der Waals surface area contributed by atoms with E-state index in [0.29, 0.717) is 12.3 Å². The first kappa shape index (κ1) is 13.0. The first-order chi connectivity index (χ1) is 7.84. The fourth-order valence-corrected chi connectivity index (χ4v) is 1.40. The number of rotatable bonds is 4. The van der Waals surface area contributed by atoms with Crippen molar-refractivity contribution in [2.75, 3.05) is 0 Å². The molecule has 0 amide bonds. The highest BCUT2D eigenvalue weighted by molar-refractivity contribution is 5.96. The highest BCUT2D eigenvalue weighted by atomic mass is 16.3. The topological polar surface area (TPSA) is 125 Å². The lowest BCUT2D eigenvalue weighted by Crippen LogP contribution is -2.35. The van der Waals surface area contributed by atoms with Gasteiger partial charge in [0.25, 0.3) is 5.56 Å². The van der Waals surface area contributed by atoms with Crippen LogP contribution in [-0.4, -0.2) is 20.5 Å². The zero-order chi connectivity index (χ0) is 13.2. The van der Waals surface area contributed by atoms with E-state index < -0.39 is 23.0 Å². The van der Waals surface area contributed by atoms with E-state index in [1.807, 2.05) is 18.8 Å². The normalized spacial score (nSPS) is 10.8. The van der Waals surface area contributed by atoms with Crippen LogP contribution in [0.5, 0.6) is 5.88 Å². The van der Waals surface area contributed by atoms with E-state index in [1.165, 1.54) is 0 Å². The summed E-state index contributed by atoms with van der Waals surface area (Å²) in [7, 11) is 0. The molecule has 7 heteroatoms. The minimum atomic E-state index is -0.846. The summed E-state index contributed by atoms with van der Waals surface area (Å²) < 4.78 is 1.01. The monoisotopic (exact) mass is 240 g/mol. The van der Waals surface area contributed by atoms with Crippen LogP contribution < -0.4 is 17.0 Å². The number of aromatic hydroxyl groups is 1. The largest absolute Gasteiger partial charge is 0.494 e. The molecular formula is C10H16N4O3. The Morgan fingerprint density at radius 1 is 1.53 bits per heavy atom. The van der Waals surface area contributed by atoms with Crippen molar-refractivity contribution in [1.29, 1.82) is 5.41 Å². The van der Waals surface area contributed by atoms with E-state index in [-0.39, 0.29) is 12.1 Å². The standard InChI is InChI=1S/C10H16N4O3/c1-5(2)3-4-14-9(16)6(7(11)12)8(15)13-10(14)17/h5,16H,3-4H2,1-2H3,(H3,11,12)(H,13,15,17). The Morgan fingerprint density at radius 3 is 2.59 bits per heavy atom. The van der Waals surface area contributed by atoms with E-state index in [0.717, 1.165) is 4.57 Å². The number of amidine groups is 1. The molecule has 1 rings (SSSR count). The van der Waals surface area contributed by atoms with Crippen molar-refractivity contribution in [1.82, 2.24) is 9.55 Å². The molecule has 0 saturated heterocycles. The summed E-state index contributed by atoms with van der Waals surface area (Å²) in [5, 5.41) is 16.9. The number of nitrogens with zero attached hydrogens (tertiary/aromatic N) is 1. The second kappa shape index (κ2) is 4.86. The quantitative estimate of drug-likeness (QED) is 0.421. The summed E-state index contributed by atoms with van der Waals surface area (Å²) >= 11 is 0. The van der Waals surface area contributed by atoms with E-state index >= 15 is 0 Å². The summed E-state index contributed by atoms with van der Waals surface area (Å²) in [6.07, 6.45) is 0.664. The van der Waals surface area contributed by atoms with Crippen LogP contribution >= 0.6 is 0 Å². The van der Waals surface area contributed by atoms with Crippen LogP contribution in [0.25, 0.3) is 0 Å². The molecule has 17 heavy (non-hydrogen) atoms. The van der Waals surface area contributed by atoms with Crippen molar-refractivity contribution < 1.29 is 5.11 Å². The molecule has 0 aromatic carbocycles. The second-order valence-corrected chi connectivity index (χ2v) is 4.21. The predicted molar refractivity (Wildman–Crippen MR) is 63.5 cm³/mol. The van der Waals surface area contributed by atoms with Gasteiger partial charge in [0.05, 0.1) is 0 Å². The summed E-state index contributed by atoms with van der Waals surface area (Å²) in [5.74, 6) is -0.775. The molecule has 0 spiro atoms. The molecule has 0 saturated carbocycles. The fraction of sp³-hybridized carbons (Fsp3) is 0.500. The SMILES string of the molecule is CC(C)CCn1c(O)c(C(=N)N)c(=O)[nH]c1=O. The van der Waals surface area contributed by atoms with Crippen molar-refractivity contribution in [3.8, 4) is 5.88 Å². The van der Waals surface area contributed by atoms with Crippen molar-refractivity contribution >= 4 is 5.84 Å². The molecule has 1 heterocycles. The molecular weight excluding hydrogens is 224 g/mol. The molecule has 0 fully saturated rings. The van der Waals surface area contributed by atoms with Crippen molar-refractivity contribution in [3.05, 3.63) is 26.4 Å². The Hall–Kier alpha value is -2.05. The lowest BCUT2D eigenvalue weighted by molar-refractivity contribution is 0.383. The highest BCUT2D eigenvalue weighted by Gasteiger charge is 2.16. The van der Waals surface area contributed by atoms with Gasteiger partial charge in [-0.15, -0.1) is 0 Å². The van der Waals surface area contributed by atoms with Gasteiger partial charge in [-0.25, -0.2) is 4.79 Å². The third kappa shape index (κ3) is 2.74. The molecule has 0 aliphatic carbocycles. The molecule has 94 valence electrons. The third-order valence-electron chi connectivity index (χ3n) is 2.37. The van der Waals surface area contributed by atoms with E-state index in [4.69, 9.17) is 11.1 Å². The summed E-state index contributed by atoms with van der Waals surface area (Å²) in [6.45, 7) is 4.21. The molecule has 1 aromatic rings. The van der Waals surface area contributed by atoms with Crippen LogP contribution in [0, 0.1) is 11.3 Å². The van der Waals surface area contributed by atoms with Gasteiger partial charge in [-0.2, -0.15) is 0 Å². The first-order valence-corrected chi connectivity index (χ1v) is 5.25. The van der Waals surface area contributed by atoms with Gasteiger partial charge >= 0.3 is 5.69 Å². The van der Waals surface area contributed by atoms with Crippen LogP contribution in [0.2, 0.25) is 0 Å². The van der Waals surface area contributed by atoms with E-state index in [1.54, 1.807) is 0 Å². The molecule has 0 bridgehead atoms. The van der Waals surface area contributed by atoms with Crippen molar-refractivity contribution in [2.45, 2.75) is 26.8 Å². The number of nitrogens with one attached hydrogen (secondary N) is 2. The van der Waals surface area contributed by atoms with Gasteiger partial charge < -0.3 is 10.8 Å². The Labute approximate surface area is 97.4 Å². The van der Waals surface area contributed by atoms with Crippen molar-refractivity contribution in [3.63, 3.8) is 0 Å². The lowest BCUT2D eigenvalue weighted by Gasteiger charge is -2.11. The maximum atomic E-state index is 11.5. The minimum Gasteiger partial charge on any atom is -0.494 e. The Kier molecular flexibility index (Phi) is 3.72. The number of hydrogen-bond acceptors (Lipinski definition) is 4. The molecule has 1 aromatic heterocycles. The molecule has 5 N–H and O–H groups in total. The fourth-order valence-electron chi connectivity index (χ4n) is 1.40. The smallest absolute Gasteiger partial charge is 0.331 e. The lowest BCUT2D eigenvalue weighted by atomic mass is 10.1. The summed E-state index contributed by atoms with van der Waals surface area (Å²) in [5.41, 5.74) is 3.27. The van der Waals surface area contributed by atoms with Crippen molar-refractivity contribution in [2.24, 2.45) is 11.7 Å². The third-order valence-corrected chi connectivity index (χ3v) is 2.37. The summed E-state index contributed by atoms with van der Waals surface area (Å²) in [6, 6.07) is 0. The van der Waals surface area contributed by atoms with Gasteiger partial charge in [0.1, 0.15) is 11.4 Å². The zero-order valence-corrected chi connectivity index (χ0v) is 9.78. The van der Waals surface area contributed by atoms with Gasteiger partial charge in [0, 0.05) is 6.54 Å². The van der Waals surface area contributed by atoms with Gasteiger partial charge in [-0.3, -0.25) is 19.8 Å². The number of hydrogen-bond donors (Lipinski definition) is 4. The average Bonchev–Trinajstić information content (AvgIpc) is 2.14.